The van der Waals surface area contributed by atoms with E-state index in [4.69, 9.17) is 15.2 Å². The molecule has 2 saturated heterocycles. The summed E-state index contributed by atoms with van der Waals surface area (Å²) < 4.78 is 10.9. The summed E-state index contributed by atoms with van der Waals surface area (Å²) in [5.41, 5.74) is 5.84. The summed E-state index contributed by atoms with van der Waals surface area (Å²) in [4.78, 5) is 6.72. The van der Waals surface area contributed by atoms with E-state index >= 15 is 0 Å². The third-order valence-corrected chi connectivity index (χ3v) is 3.54. The van der Waals surface area contributed by atoms with Crippen molar-refractivity contribution in [2.24, 2.45) is 10.7 Å². The first kappa shape index (κ1) is 14.6. The van der Waals surface area contributed by atoms with Crippen LogP contribution in [0.25, 0.3) is 0 Å². The van der Waals surface area contributed by atoms with E-state index in [1.807, 2.05) is 0 Å². The average molecular weight is 270 g/mol. The largest absolute Gasteiger partial charge is 0.380 e. The van der Waals surface area contributed by atoms with Gasteiger partial charge in [-0.05, 0) is 19.3 Å². The Bertz CT molecular complexity index is 272. The minimum atomic E-state index is 0.267. The number of ether oxygens (including phenoxy) is 2. The van der Waals surface area contributed by atoms with Gasteiger partial charge in [0.1, 0.15) is 0 Å². The van der Waals surface area contributed by atoms with E-state index in [-0.39, 0.29) is 6.10 Å². The molecule has 110 valence electrons. The number of aliphatic imine (C=N–C) groups is 1. The number of hydrogen-bond acceptors (Lipinski definition) is 4. The highest BCUT2D eigenvalue weighted by molar-refractivity contribution is 5.77. The van der Waals surface area contributed by atoms with Gasteiger partial charge in [0.05, 0.1) is 19.3 Å². The van der Waals surface area contributed by atoms with Crippen molar-refractivity contribution in [3.05, 3.63) is 0 Å². The van der Waals surface area contributed by atoms with Gasteiger partial charge in [0.2, 0.25) is 0 Å². The lowest BCUT2D eigenvalue weighted by molar-refractivity contribution is 0.117. The molecule has 6 heteroatoms. The highest BCUT2D eigenvalue weighted by atomic mass is 16.5. The van der Waals surface area contributed by atoms with E-state index < -0.39 is 0 Å². The Morgan fingerprint density at radius 1 is 1.26 bits per heavy atom. The Morgan fingerprint density at radius 2 is 2.21 bits per heavy atom. The smallest absolute Gasteiger partial charge is 0.188 e. The topological polar surface area (TPSA) is 72.1 Å². The van der Waals surface area contributed by atoms with Gasteiger partial charge in [-0.3, -0.25) is 9.89 Å². The van der Waals surface area contributed by atoms with Crippen molar-refractivity contribution in [1.82, 2.24) is 10.2 Å². The zero-order chi connectivity index (χ0) is 13.3. The van der Waals surface area contributed by atoms with Gasteiger partial charge in [0.15, 0.2) is 5.96 Å². The minimum Gasteiger partial charge on any atom is -0.380 e. The van der Waals surface area contributed by atoms with E-state index in [1.54, 1.807) is 0 Å². The average Bonchev–Trinajstić information content (AvgIpc) is 2.80. The summed E-state index contributed by atoms with van der Waals surface area (Å²) in [7, 11) is 0. The first-order valence-electron chi connectivity index (χ1n) is 7.30. The van der Waals surface area contributed by atoms with Crippen LogP contribution >= 0.6 is 0 Å². The van der Waals surface area contributed by atoms with Gasteiger partial charge in [0, 0.05) is 39.4 Å². The maximum atomic E-state index is 5.84. The third kappa shape index (κ3) is 5.76. The van der Waals surface area contributed by atoms with Crippen molar-refractivity contribution in [3.63, 3.8) is 0 Å². The number of rotatable bonds is 5. The lowest BCUT2D eigenvalue weighted by atomic mass is 10.2. The number of nitrogens with zero attached hydrogens (tertiary/aromatic N) is 2. The van der Waals surface area contributed by atoms with Crippen molar-refractivity contribution in [3.8, 4) is 0 Å². The molecule has 2 rings (SSSR count). The minimum absolute atomic E-state index is 0.267. The lowest BCUT2D eigenvalue weighted by Crippen LogP contribution is -2.39. The summed E-state index contributed by atoms with van der Waals surface area (Å²) >= 11 is 0. The molecule has 0 aliphatic carbocycles. The van der Waals surface area contributed by atoms with E-state index in [1.165, 1.54) is 0 Å². The second-order valence-corrected chi connectivity index (χ2v) is 5.10. The number of nitrogens with two attached hydrogens (primary N) is 1. The van der Waals surface area contributed by atoms with Gasteiger partial charge >= 0.3 is 0 Å². The zero-order valence-corrected chi connectivity index (χ0v) is 11.6. The van der Waals surface area contributed by atoms with Crippen LogP contribution in [0.5, 0.6) is 0 Å². The number of guanidine groups is 1. The Morgan fingerprint density at radius 3 is 3.05 bits per heavy atom. The van der Waals surface area contributed by atoms with Crippen LogP contribution in [0, 0.1) is 0 Å². The van der Waals surface area contributed by atoms with Crippen LogP contribution < -0.4 is 11.1 Å². The quantitative estimate of drug-likeness (QED) is 0.534. The van der Waals surface area contributed by atoms with Gasteiger partial charge in [-0.1, -0.05) is 0 Å². The third-order valence-electron chi connectivity index (χ3n) is 3.54. The highest BCUT2D eigenvalue weighted by Gasteiger charge is 2.14. The summed E-state index contributed by atoms with van der Waals surface area (Å²) in [6.07, 6.45) is 3.63. The van der Waals surface area contributed by atoms with Crippen LogP contribution in [0.3, 0.4) is 0 Å². The van der Waals surface area contributed by atoms with Gasteiger partial charge in [-0.15, -0.1) is 0 Å². The molecule has 6 nitrogen and oxygen atoms in total. The molecule has 0 bridgehead atoms. The maximum Gasteiger partial charge on any atom is 0.188 e. The van der Waals surface area contributed by atoms with E-state index in [2.05, 4.69) is 15.2 Å². The van der Waals surface area contributed by atoms with Crippen molar-refractivity contribution in [2.45, 2.75) is 25.4 Å². The lowest BCUT2D eigenvalue weighted by Gasteiger charge is -2.19. The highest BCUT2D eigenvalue weighted by Crippen LogP contribution is 2.11. The second kappa shape index (κ2) is 8.35. The Hall–Kier alpha value is -0.850. The van der Waals surface area contributed by atoms with Crippen LogP contribution in [0.1, 0.15) is 19.3 Å². The summed E-state index contributed by atoms with van der Waals surface area (Å²) in [6, 6.07) is 0. The van der Waals surface area contributed by atoms with Gasteiger partial charge in [0.25, 0.3) is 0 Å². The standard InChI is InChI=1S/C13H26N4O2/c14-13(16-11-12-3-1-9-19-12)15-4-6-17-5-2-8-18-10-7-17/h12H,1-11H2,(H3,14,15,16). The molecule has 1 atom stereocenters. The predicted octanol–water partition coefficient (Wildman–Crippen LogP) is -0.208. The molecule has 2 fully saturated rings. The molecule has 2 heterocycles. The summed E-state index contributed by atoms with van der Waals surface area (Å²) in [5, 5.41) is 3.16. The first-order valence-corrected chi connectivity index (χ1v) is 7.30. The van der Waals surface area contributed by atoms with Gasteiger partial charge < -0.3 is 20.5 Å². The molecule has 0 aromatic heterocycles. The predicted molar refractivity (Wildman–Crippen MR) is 75.3 cm³/mol. The molecule has 0 aromatic rings. The van der Waals surface area contributed by atoms with E-state index in [0.717, 1.165) is 65.3 Å². The second-order valence-electron chi connectivity index (χ2n) is 5.10. The van der Waals surface area contributed by atoms with Crippen molar-refractivity contribution >= 4 is 5.96 Å². The van der Waals surface area contributed by atoms with Crippen molar-refractivity contribution in [2.75, 3.05) is 52.5 Å². The molecule has 2 aliphatic rings. The molecule has 0 radical (unpaired) electrons. The van der Waals surface area contributed by atoms with Crippen LogP contribution in [0.4, 0.5) is 0 Å². The molecular formula is C13H26N4O2. The van der Waals surface area contributed by atoms with Gasteiger partial charge in [-0.25, -0.2) is 0 Å². The Kier molecular flexibility index (Phi) is 6.39. The van der Waals surface area contributed by atoms with E-state index in [0.29, 0.717) is 12.5 Å². The fourth-order valence-corrected chi connectivity index (χ4v) is 2.41. The molecule has 19 heavy (non-hydrogen) atoms. The number of hydrogen-bond donors (Lipinski definition) is 2. The summed E-state index contributed by atoms with van der Waals surface area (Å²) in [6.45, 7) is 7.20. The van der Waals surface area contributed by atoms with Crippen LogP contribution in [0.15, 0.2) is 4.99 Å². The molecular weight excluding hydrogens is 244 g/mol. The fraction of sp³-hybridized carbons (Fsp3) is 0.923. The number of nitrogens with one attached hydrogen (secondary N) is 1. The molecule has 0 spiro atoms. The summed E-state index contributed by atoms with van der Waals surface area (Å²) in [5.74, 6) is 0.529. The SMILES string of the molecule is NC(=NCC1CCCO1)NCCN1CCCOCC1. The normalized spacial score (nSPS) is 26.3. The molecule has 0 amide bonds. The molecule has 1 unspecified atom stereocenters. The van der Waals surface area contributed by atoms with Crippen molar-refractivity contribution < 1.29 is 9.47 Å². The van der Waals surface area contributed by atoms with Crippen molar-refractivity contribution in [1.29, 1.82) is 0 Å². The zero-order valence-electron chi connectivity index (χ0n) is 11.6. The molecule has 0 saturated carbocycles. The Labute approximate surface area is 115 Å². The van der Waals surface area contributed by atoms with E-state index in [9.17, 15) is 0 Å². The monoisotopic (exact) mass is 270 g/mol. The maximum absolute atomic E-state index is 5.84. The molecule has 3 N–H and O–H groups in total. The van der Waals surface area contributed by atoms with Crippen LogP contribution in [-0.2, 0) is 9.47 Å². The van der Waals surface area contributed by atoms with Crippen LogP contribution in [-0.4, -0.2) is 69.5 Å². The molecule has 2 aliphatic heterocycles. The van der Waals surface area contributed by atoms with Crippen LogP contribution in [0.2, 0.25) is 0 Å². The van der Waals surface area contributed by atoms with Gasteiger partial charge in [-0.2, -0.15) is 0 Å². The first-order chi connectivity index (χ1) is 9.34. The Balaban J connectivity index is 1.57. The molecule has 0 aromatic carbocycles. The fourth-order valence-electron chi connectivity index (χ4n) is 2.41.